The van der Waals surface area contributed by atoms with Crippen molar-refractivity contribution < 1.29 is 0 Å². The zero-order chi connectivity index (χ0) is 8.27. The predicted octanol–water partition coefficient (Wildman–Crippen LogP) is 3.24. The van der Waals surface area contributed by atoms with Crippen molar-refractivity contribution >= 4 is 18.1 Å². The van der Waals surface area contributed by atoms with Crippen molar-refractivity contribution in [3.05, 3.63) is 29.8 Å². The Kier molecular flexibility index (Phi) is 4.75. The van der Waals surface area contributed by atoms with Crippen molar-refractivity contribution in [2.45, 2.75) is 26.8 Å². The molecule has 0 fully saturated rings. The summed E-state index contributed by atoms with van der Waals surface area (Å²) in [5.74, 6) is 0. The van der Waals surface area contributed by atoms with Crippen LogP contribution < -0.4 is 5.32 Å². The molecule has 1 aromatic carbocycles. The Balaban J connectivity index is 0.00000121. The van der Waals surface area contributed by atoms with E-state index in [2.05, 4.69) is 50.4 Å². The van der Waals surface area contributed by atoms with Gasteiger partial charge in [0, 0.05) is 11.7 Å². The molecule has 0 amide bonds. The molecule has 0 spiro atoms. The molecule has 1 nitrogen and oxygen atoms in total. The Labute approximate surface area is 80.6 Å². The Morgan fingerprint density at radius 3 is 2.00 bits per heavy atom. The van der Waals surface area contributed by atoms with Crippen molar-refractivity contribution in [1.29, 1.82) is 0 Å². The third kappa shape index (κ3) is 3.63. The van der Waals surface area contributed by atoms with Gasteiger partial charge in [0.1, 0.15) is 0 Å². The van der Waals surface area contributed by atoms with Crippen LogP contribution in [0.3, 0.4) is 0 Å². The topological polar surface area (TPSA) is 12.0 Å². The summed E-state index contributed by atoms with van der Waals surface area (Å²) in [6, 6.07) is 8.96. The molecule has 0 saturated heterocycles. The lowest BCUT2D eigenvalue weighted by Gasteiger charge is -2.09. The molecule has 0 aliphatic rings. The van der Waals surface area contributed by atoms with Gasteiger partial charge in [-0.2, -0.15) is 0 Å². The van der Waals surface area contributed by atoms with Crippen LogP contribution in [0.1, 0.15) is 19.4 Å². The second-order valence-corrected chi connectivity index (χ2v) is 3.17. The molecule has 1 N–H and O–H groups in total. The SMILES string of the molecule is Cc1ccc(NC(C)C)cc1.Cl. The molecule has 0 unspecified atom stereocenters. The van der Waals surface area contributed by atoms with E-state index in [4.69, 9.17) is 0 Å². The van der Waals surface area contributed by atoms with E-state index in [9.17, 15) is 0 Å². The molecule has 0 heterocycles. The molecule has 12 heavy (non-hydrogen) atoms. The van der Waals surface area contributed by atoms with Crippen LogP contribution in [-0.2, 0) is 0 Å². The summed E-state index contributed by atoms with van der Waals surface area (Å²) in [7, 11) is 0. The van der Waals surface area contributed by atoms with Gasteiger partial charge in [-0.05, 0) is 32.9 Å². The van der Waals surface area contributed by atoms with E-state index in [1.807, 2.05) is 0 Å². The molecular formula is C10H16ClN. The standard InChI is InChI=1S/C10H15N.ClH/c1-8(2)11-10-6-4-9(3)5-7-10;/h4-8,11H,1-3H3;1H. The van der Waals surface area contributed by atoms with Crippen LogP contribution in [0, 0.1) is 6.92 Å². The molecular weight excluding hydrogens is 170 g/mol. The molecule has 0 atom stereocenters. The lowest BCUT2D eigenvalue weighted by atomic mass is 10.2. The third-order valence-electron chi connectivity index (χ3n) is 1.51. The highest BCUT2D eigenvalue weighted by atomic mass is 35.5. The van der Waals surface area contributed by atoms with Gasteiger partial charge in [0.15, 0.2) is 0 Å². The van der Waals surface area contributed by atoms with Crippen LogP contribution >= 0.6 is 12.4 Å². The number of halogens is 1. The fraction of sp³-hybridized carbons (Fsp3) is 0.400. The van der Waals surface area contributed by atoms with Gasteiger partial charge < -0.3 is 5.32 Å². The fourth-order valence-electron chi connectivity index (χ4n) is 0.983. The van der Waals surface area contributed by atoms with Crippen LogP contribution in [0.2, 0.25) is 0 Å². The number of aryl methyl sites for hydroxylation is 1. The number of hydrogen-bond acceptors (Lipinski definition) is 1. The maximum absolute atomic E-state index is 3.33. The van der Waals surface area contributed by atoms with Crippen molar-refractivity contribution in [1.82, 2.24) is 0 Å². The molecule has 0 saturated carbocycles. The minimum atomic E-state index is 0. The first-order valence-electron chi connectivity index (χ1n) is 4.01. The van der Waals surface area contributed by atoms with Crippen molar-refractivity contribution in [3.63, 3.8) is 0 Å². The predicted molar refractivity (Wildman–Crippen MR) is 57.2 cm³/mol. The summed E-state index contributed by atoms with van der Waals surface area (Å²) >= 11 is 0. The van der Waals surface area contributed by atoms with Crippen molar-refractivity contribution in [3.8, 4) is 0 Å². The summed E-state index contributed by atoms with van der Waals surface area (Å²) in [6.45, 7) is 6.37. The first-order valence-corrected chi connectivity index (χ1v) is 4.01. The van der Waals surface area contributed by atoms with Crippen LogP contribution in [0.15, 0.2) is 24.3 Å². The quantitative estimate of drug-likeness (QED) is 0.746. The number of benzene rings is 1. The molecule has 0 bridgehead atoms. The zero-order valence-corrected chi connectivity index (χ0v) is 8.61. The highest BCUT2D eigenvalue weighted by Gasteiger charge is 1.92. The molecule has 0 radical (unpaired) electrons. The Morgan fingerprint density at radius 1 is 1.08 bits per heavy atom. The molecule has 1 rings (SSSR count). The average molecular weight is 186 g/mol. The van der Waals surface area contributed by atoms with Gasteiger partial charge in [-0.3, -0.25) is 0 Å². The zero-order valence-electron chi connectivity index (χ0n) is 7.79. The highest BCUT2D eigenvalue weighted by molar-refractivity contribution is 5.85. The minimum Gasteiger partial charge on any atom is -0.383 e. The van der Waals surface area contributed by atoms with Gasteiger partial charge in [0.2, 0.25) is 0 Å². The Hall–Kier alpha value is -0.690. The smallest absolute Gasteiger partial charge is 0.0342 e. The summed E-state index contributed by atoms with van der Waals surface area (Å²) in [6.07, 6.45) is 0. The first kappa shape index (κ1) is 11.3. The van der Waals surface area contributed by atoms with Gasteiger partial charge in [-0.1, -0.05) is 17.7 Å². The molecule has 0 aliphatic heterocycles. The summed E-state index contributed by atoms with van der Waals surface area (Å²) in [5, 5.41) is 3.33. The Bertz CT molecular complexity index is 216. The van der Waals surface area contributed by atoms with E-state index in [1.54, 1.807) is 0 Å². The lowest BCUT2D eigenvalue weighted by Crippen LogP contribution is -2.09. The van der Waals surface area contributed by atoms with E-state index in [0.29, 0.717) is 6.04 Å². The van der Waals surface area contributed by atoms with Gasteiger partial charge in [-0.15, -0.1) is 12.4 Å². The number of rotatable bonds is 2. The van der Waals surface area contributed by atoms with Crippen LogP contribution in [0.25, 0.3) is 0 Å². The minimum absolute atomic E-state index is 0. The van der Waals surface area contributed by atoms with Crippen LogP contribution in [0.5, 0.6) is 0 Å². The number of anilines is 1. The van der Waals surface area contributed by atoms with Gasteiger partial charge >= 0.3 is 0 Å². The molecule has 68 valence electrons. The lowest BCUT2D eigenvalue weighted by molar-refractivity contribution is 0.899. The van der Waals surface area contributed by atoms with E-state index < -0.39 is 0 Å². The largest absolute Gasteiger partial charge is 0.383 e. The maximum Gasteiger partial charge on any atom is 0.0342 e. The Morgan fingerprint density at radius 2 is 1.58 bits per heavy atom. The van der Waals surface area contributed by atoms with E-state index in [-0.39, 0.29) is 12.4 Å². The van der Waals surface area contributed by atoms with E-state index >= 15 is 0 Å². The molecule has 0 aromatic heterocycles. The summed E-state index contributed by atoms with van der Waals surface area (Å²) < 4.78 is 0. The van der Waals surface area contributed by atoms with Crippen LogP contribution in [-0.4, -0.2) is 6.04 Å². The summed E-state index contributed by atoms with van der Waals surface area (Å²) in [5.41, 5.74) is 2.50. The second kappa shape index (κ2) is 5.04. The molecule has 1 aromatic rings. The van der Waals surface area contributed by atoms with Gasteiger partial charge in [-0.25, -0.2) is 0 Å². The van der Waals surface area contributed by atoms with Crippen molar-refractivity contribution in [2.24, 2.45) is 0 Å². The molecule has 2 heteroatoms. The normalized spacial score (nSPS) is 9.33. The number of hydrogen-bond donors (Lipinski definition) is 1. The van der Waals surface area contributed by atoms with Gasteiger partial charge in [0.25, 0.3) is 0 Å². The van der Waals surface area contributed by atoms with Gasteiger partial charge in [0.05, 0.1) is 0 Å². The van der Waals surface area contributed by atoms with E-state index in [0.717, 1.165) is 0 Å². The fourth-order valence-corrected chi connectivity index (χ4v) is 0.983. The third-order valence-corrected chi connectivity index (χ3v) is 1.51. The number of nitrogens with one attached hydrogen (secondary N) is 1. The maximum atomic E-state index is 3.33. The molecule has 0 aliphatic carbocycles. The van der Waals surface area contributed by atoms with Crippen LogP contribution in [0.4, 0.5) is 5.69 Å². The monoisotopic (exact) mass is 185 g/mol. The highest BCUT2D eigenvalue weighted by Crippen LogP contribution is 2.09. The van der Waals surface area contributed by atoms with Crippen molar-refractivity contribution in [2.75, 3.05) is 5.32 Å². The second-order valence-electron chi connectivity index (χ2n) is 3.17. The van der Waals surface area contributed by atoms with E-state index in [1.165, 1.54) is 11.3 Å². The first-order chi connectivity index (χ1) is 5.18. The summed E-state index contributed by atoms with van der Waals surface area (Å²) in [4.78, 5) is 0. The average Bonchev–Trinajstić information content (AvgIpc) is 1.93.